The Morgan fingerprint density at radius 3 is 2.28 bits per heavy atom. The fraction of sp³-hybridized carbons (Fsp3) is 0.684. The zero-order valence-corrected chi connectivity index (χ0v) is 14.5. The molecule has 0 N–H and O–H groups in total. The summed E-state index contributed by atoms with van der Waals surface area (Å²) < 4.78 is 54.3. The summed E-state index contributed by atoms with van der Waals surface area (Å²) in [5.41, 5.74) is 0.335. The first-order valence-corrected chi connectivity index (χ1v) is 9.11. The lowest BCUT2D eigenvalue weighted by Gasteiger charge is -2.25. The molecule has 2 aliphatic rings. The van der Waals surface area contributed by atoms with Crippen LogP contribution in [0.3, 0.4) is 0 Å². The van der Waals surface area contributed by atoms with E-state index in [0.29, 0.717) is 23.8 Å². The van der Waals surface area contributed by atoms with Crippen molar-refractivity contribution in [2.75, 3.05) is 6.61 Å². The molecule has 0 bridgehead atoms. The summed E-state index contributed by atoms with van der Waals surface area (Å²) in [6.45, 7) is 2.10. The third kappa shape index (κ3) is 4.95. The minimum Gasteiger partial charge on any atom is -0.493 e. The zero-order chi connectivity index (χ0) is 17.9. The average molecular weight is 358 g/mol. The maximum absolute atomic E-state index is 12.8. The lowest BCUT2D eigenvalue weighted by atomic mass is 9.83. The van der Waals surface area contributed by atoms with Gasteiger partial charge in [-0.25, -0.2) is 0 Å². The Hall–Kier alpha value is -1.59. The van der Waals surface area contributed by atoms with E-state index in [-0.39, 0.29) is 17.6 Å². The quantitative estimate of drug-likeness (QED) is 0.618. The first kappa shape index (κ1) is 18.2. The van der Waals surface area contributed by atoms with Crippen LogP contribution in [0.2, 0.25) is 0 Å². The summed E-state index contributed by atoms with van der Waals surface area (Å²) in [6, 6.07) is 3.22. The van der Waals surface area contributed by atoms with Crippen LogP contribution in [0.1, 0.15) is 56.9 Å². The van der Waals surface area contributed by atoms with Crippen LogP contribution in [0.25, 0.3) is 0 Å². The first-order valence-electron chi connectivity index (χ1n) is 9.11. The molecule has 0 spiro atoms. The van der Waals surface area contributed by atoms with Crippen LogP contribution in [0, 0.1) is 12.8 Å². The highest BCUT2D eigenvalue weighted by atomic mass is 19.4. The minimum atomic E-state index is -4.76. The highest BCUT2D eigenvalue weighted by molar-refractivity contribution is 5.53. The Labute approximate surface area is 146 Å². The van der Waals surface area contributed by atoms with Crippen molar-refractivity contribution >= 4 is 0 Å². The normalized spacial score (nSPS) is 18.9. The number of ether oxygens (including phenoxy) is 3. The van der Waals surface area contributed by atoms with Crippen LogP contribution in [-0.4, -0.2) is 19.1 Å². The topological polar surface area (TPSA) is 27.7 Å². The Morgan fingerprint density at radius 2 is 1.68 bits per heavy atom. The monoisotopic (exact) mass is 358 g/mol. The molecule has 1 aromatic rings. The smallest absolute Gasteiger partial charge is 0.493 e. The van der Waals surface area contributed by atoms with E-state index in [9.17, 15) is 13.2 Å². The molecule has 2 fully saturated rings. The van der Waals surface area contributed by atoms with E-state index in [1.165, 1.54) is 25.3 Å². The van der Waals surface area contributed by atoms with Crippen molar-refractivity contribution in [3.05, 3.63) is 17.7 Å². The lowest BCUT2D eigenvalue weighted by Crippen LogP contribution is -2.20. The molecular weight excluding hydrogens is 333 g/mol. The van der Waals surface area contributed by atoms with E-state index in [4.69, 9.17) is 9.47 Å². The minimum absolute atomic E-state index is 0.0413. The summed E-state index contributed by atoms with van der Waals surface area (Å²) in [6.07, 6.45) is 3.66. The molecule has 6 heteroatoms. The second kappa shape index (κ2) is 7.75. The molecule has 0 saturated heterocycles. The fourth-order valence-electron chi connectivity index (χ4n) is 3.44. The van der Waals surface area contributed by atoms with Crippen molar-refractivity contribution in [2.45, 2.75) is 70.8 Å². The molecule has 0 heterocycles. The molecule has 0 radical (unpaired) electrons. The summed E-state index contributed by atoms with van der Waals surface area (Å²) in [5.74, 6) is 0.988. The SMILES string of the molecule is Cc1c(OCCC2CCC2)ccc(OC2CCCC2)c1OC(F)(F)F. The predicted octanol–water partition coefficient (Wildman–Crippen LogP) is 5.78. The van der Waals surface area contributed by atoms with Gasteiger partial charge in [0, 0.05) is 5.56 Å². The largest absolute Gasteiger partial charge is 0.573 e. The van der Waals surface area contributed by atoms with Crippen molar-refractivity contribution in [3.63, 3.8) is 0 Å². The molecule has 25 heavy (non-hydrogen) atoms. The number of hydrogen-bond acceptors (Lipinski definition) is 3. The Morgan fingerprint density at radius 1 is 1.00 bits per heavy atom. The Balaban J connectivity index is 1.73. The van der Waals surface area contributed by atoms with Gasteiger partial charge in [0.15, 0.2) is 11.5 Å². The van der Waals surface area contributed by atoms with Crippen molar-refractivity contribution in [3.8, 4) is 17.2 Å². The number of halogens is 3. The van der Waals surface area contributed by atoms with Crippen LogP contribution in [0.5, 0.6) is 17.2 Å². The highest BCUT2D eigenvalue weighted by Gasteiger charge is 2.34. The molecule has 140 valence electrons. The van der Waals surface area contributed by atoms with Gasteiger partial charge in [-0.1, -0.05) is 19.3 Å². The van der Waals surface area contributed by atoms with E-state index in [1.807, 2.05) is 0 Å². The van der Waals surface area contributed by atoms with Gasteiger partial charge in [0.25, 0.3) is 0 Å². The number of benzene rings is 1. The van der Waals surface area contributed by atoms with Crippen molar-refractivity contribution in [2.24, 2.45) is 5.92 Å². The molecule has 3 nitrogen and oxygen atoms in total. The molecule has 0 atom stereocenters. The maximum atomic E-state index is 12.8. The molecule has 2 aliphatic carbocycles. The Kier molecular flexibility index (Phi) is 5.64. The standard InChI is InChI=1S/C19H25F3O3/c1-13-16(23-12-11-14-5-4-6-14)9-10-17(18(13)25-19(20,21)22)24-15-7-2-3-8-15/h9-10,14-15H,2-8,11-12H2,1H3. The second-order valence-electron chi connectivity index (χ2n) is 7.02. The molecule has 3 rings (SSSR count). The summed E-state index contributed by atoms with van der Waals surface area (Å²) >= 11 is 0. The van der Waals surface area contributed by atoms with E-state index in [2.05, 4.69) is 4.74 Å². The van der Waals surface area contributed by atoms with Crippen molar-refractivity contribution < 1.29 is 27.4 Å². The fourth-order valence-corrected chi connectivity index (χ4v) is 3.44. The highest BCUT2D eigenvalue weighted by Crippen LogP contribution is 2.41. The summed E-state index contributed by atoms with van der Waals surface area (Å²) in [7, 11) is 0. The molecule has 1 aromatic carbocycles. The lowest BCUT2D eigenvalue weighted by molar-refractivity contribution is -0.275. The number of hydrogen-bond donors (Lipinski definition) is 0. The third-order valence-corrected chi connectivity index (χ3v) is 5.14. The number of alkyl halides is 3. The van der Waals surface area contributed by atoms with Gasteiger partial charge in [-0.05, 0) is 57.1 Å². The van der Waals surface area contributed by atoms with E-state index in [0.717, 1.165) is 32.1 Å². The van der Waals surface area contributed by atoms with E-state index < -0.39 is 6.36 Å². The van der Waals surface area contributed by atoms with Crippen LogP contribution in [0.4, 0.5) is 13.2 Å². The first-order chi connectivity index (χ1) is 11.9. The average Bonchev–Trinajstić information content (AvgIpc) is 2.99. The van der Waals surface area contributed by atoms with Crippen LogP contribution in [0.15, 0.2) is 12.1 Å². The number of rotatable bonds is 7. The van der Waals surface area contributed by atoms with Crippen LogP contribution < -0.4 is 14.2 Å². The van der Waals surface area contributed by atoms with Crippen molar-refractivity contribution in [1.82, 2.24) is 0 Å². The molecular formula is C19H25F3O3. The predicted molar refractivity (Wildman–Crippen MR) is 88.2 cm³/mol. The third-order valence-electron chi connectivity index (χ3n) is 5.14. The van der Waals surface area contributed by atoms with Gasteiger partial charge in [-0.3, -0.25) is 0 Å². The van der Waals surface area contributed by atoms with E-state index in [1.54, 1.807) is 13.0 Å². The van der Waals surface area contributed by atoms with Gasteiger partial charge in [-0.2, -0.15) is 0 Å². The molecule has 0 amide bonds. The second-order valence-corrected chi connectivity index (χ2v) is 7.02. The molecule has 0 aliphatic heterocycles. The molecule has 0 unspecified atom stereocenters. The summed E-state index contributed by atoms with van der Waals surface area (Å²) in [5, 5.41) is 0. The van der Waals surface area contributed by atoms with Gasteiger partial charge in [0.05, 0.1) is 12.7 Å². The van der Waals surface area contributed by atoms with Crippen LogP contribution >= 0.6 is 0 Å². The molecule has 0 aromatic heterocycles. The summed E-state index contributed by atoms with van der Waals surface area (Å²) in [4.78, 5) is 0. The van der Waals surface area contributed by atoms with Crippen molar-refractivity contribution in [1.29, 1.82) is 0 Å². The van der Waals surface area contributed by atoms with E-state index >= 15 is 0 Å². The van der Waals surface area contributed by atoms with Gasteiger partial charge in [0.1, 0.15) is 5.75 Å². The Bertz CT molecular complexity index is 576. The zero-order valence-electron chi connectivity index (χ0n) is 14.5. The van der Waals surface area contributed by atoms with Gasteiger partial charge in [0.2, 0.25) is 0 Å². The maximum Gasteiger partial charge on any atom is 0.573 e. The van der Waals surface area contributed by atoms with Gasteiger partial charge in [-0.15, -0.1) is 13.2 Å². The molecule has 2 saturated carbocycles. The van der Waals surface area contributed by atoms with Gasteiger partial charge >= 0.3 is 6.36 Å². The van der Waals surface area contributed by atoms with Crippen LogP contribution in [-0.2, 0) is 0 Å². The van der Waals surface area contributed by atoms with Gasteiger partial charge < -0.3 is 14.2 Å².